The second-order valence-electron chi connectivity index (χ2n) is 3.23. The molecule has 0 aromatic heterocycles. The largest absolute Gasteiger partial charge is 0.396 e. The second-order valence-corrected chi connectivity index (χ2v) is 3.23. The van der Waals surface area contributed by atoms with Crippen LogP contribution >= 0.6 is 0 Å². The lowest BCUT2D eigenvalue weighted by Crippen LogP contribution is -2.27. The SMILES string of the molecule is CCCCN(OCCCO)OCCCO. The Balaban J connectivity index is 3.53. The van der Waals surface area contributed by atoms with Crippen molar-refractivity contribution in [1.82, 2.24) is 5.23 Å². The van der Waals surface area contributed by atoms with Gasteiger partial charge in [-0.2, -0.15) is 0 Å². The van der Waals surface area contributed by atoms with Crippen LogP contribution in [0, 0.1) is 0 Å². The normalized spacial score (nSPS) is 11.2. The first-order valence-corrected chi connectivity index (χ1v) is 5.60. The van der Waals surface area contributed by atoms with Crippen LogP contribution in [0.4, 0.5) is 0 Å². The third kappa shape index (κ3) is 10.1. The zero-order valence-corrected chi connectivity index (χ0v) is 9.52. The number of rotatable bonds is 11. The first-order chi connectivity index (χ1) is 7.35. The van der Waals surface area contributed by atoms with Gasteiger partial charge in [0.25, 0.3) is 0 Å². The number of unbranched alkanes of at least 4 members (excludes halogenated alkanes) is 1. The molecular weight excluding hydrogens is 198 g/mol. The van der Waals surface area contributed by atoms with Gasteiger partial charge in [-0.15, -0.1) is 0 Å². The number of nitrogens with zero attached hydrogens (tertiary/aromatic N) is 1. The summed E-state index contributed by atoms with van der Waals surface area (Å²) in [5.74, 6) is 0. The predicted molar refractivity (Wildman–Crippen MR) is 56.9 cm³/mol. The fourth-order valence-electron chi connectivity index (χ4n) is 0.915. The molecule has 0 saturated heterocycles. The summed E-state index contributed by atoms with van der Waals surface area (Å²) in [5.41, 5.74) is 0. The molecule has 2 N–H and O–H groups in total. The highest BCUT2D eigenvalue weighted by molar-refractivity contribution is 4.37. The van der Waals surface area contributed by atoms with E-state index in [-0.39, 0.29) is 13.2 Å². The number of aliphatic hydroxyl groups is 2. The molecule has 0 aliphatic rings. The van der Waals surface area contributed by atoms with Crippen LogP contribution in [-0.4, -0.2) is 48.4 Å². The predicted octanol–water partition coefficient (Wildman–Crippen LogP) is 0.717. The van der Waals surface area contributed by atoms with E-state index < -0.39 is 0 Å². The highest BCUT2D eigenvalue weighted by atomic mass is 16.9. The van der Waals surface area contributed by atoms with E-state index in [1.54, 1.807) is 0 Å². The van der Waals surface area contributed by atoms with E-state index in [1.165, 1.54) is 5.23 Å². The van der Waals surface area contributed by atoms with E-state index in [1.807, 2.05) is 0 Å². The molecule has 0 fully saturated rings. The Kier molecular flexibility index (Phi) is 11.7. The van der Waals surface area contributed by atoms with E-state index in [0.717, 1.165) is 12.8 Å². The van der Waals surface area contributed by atoms with Crippen molar-refractivity contribution < 1.29 is 19.9 Å². The molecule has 0 unspecified atom stereocenters. The molecule has 0 heterocycles. The summed E-state index contributed by atoms with van der Waals surface area (Å²) in [6.07, 6.45) is 3.28. The van der Waals surface area contributed by atoms with E-state index in [0.29, 0.717) is 32.6 Å². The molecule has 5 nitrogen and oxygen atoms in total. The van der Waals surface area contributed by atoms with Crippen LogP contribution in [0.5, 0.6) is 0 Å². The average Bonchev–Trinajstić information content (AvgIpc) is 2.25. The molecule has 0 spiro atoms. The van der Waals surface area contributed by atoms with Crippen molar-refractivity contribution in [2.45, 2.75) is 32.6 Å². The van der Waals surface area contributed by atoms with Gasteiger partial charge in [-0.1, -0.05) is 18.6 Å². The van der Waals surface area contributed by atoms with Gasteiger partial charge in [0.15, 0.2) is 0 Å². The van der Waals surface area contributed by atoms with Gasteiger partial charge in [-0.05, 0) is 19.3 Å². The molecule has 0 rings (SSSR count). The third-order valence-electron chi connectivity index (χ3n) is 1.77. The standard InChI is InChI=1S/C10H23NO4/c1-2-3-6-11(14-9-4-7-12)15-10-5-8-13/h12-13H,2-10H2,1H3. The van der Waals surface area contributed by atoms with Gasteiger partial charge in [0.05, 0.1) is 19.8 Å². The summed E-state index contributed by atoms with van der Waals surface area (Å²) in [4.78, 5) is 10.6. The molecule has 15 heavy (non-hydrogen) atoms. The van der Waals surface area contributed by atoms with Crippen molar-refractivity contribution in [2.24, 2.45) is 0 Å². The third-order valence-corrected chi connectivity index (χ3v) is 1.77. The van der Waals surface area contributed by atoms with E-state index in [4.69, 9.17) is 19.9 Å². The molecule has 0 atom stereocenters. The van der Waals surface area contributed by atoms with Gasteiger partial charge in [-0.25, -0.2) is 0 Å². The van der Waals surface area contributed by atoms with E-state index in [9.17, 15) is 0 Å². The Bertz CT molecular complexity index is 114. The second kappa shape index (κ2) is 11.9. The highest BCUT2D eigenvalue weighted by Gasteiger charge is 2.04. The van der Waals surface area contributed by atoms with Gasteiger partial charge in [0.2, 0.25) is 0 Å². The van der Waals surface area contributed by atoms with Gasteiger partial charge >= 0.3 is 0 Å². The summed E-state index contributed by atoms with van der Waals surface area (Å²) in [6, 6.07) is 0. The summed E-state index contributed by atoms with van der Waals surface area (Å²) in [7, 11) is 0. The van der Waals surface area contributed by atoms with Gasteiger partial charge in [0, 0.05) is 13.2 Å². The number of hydroxylamine groups is 2. The maximum atomic E-state index is 8.60. The lowest BCUT2D eigenvalue weighted by Gasteiger charge is -2.20. The van der Waals surface area contributed by atoms with Crippen molar-refractivity contribution in [2.75, 3.05) is 33.0 Å². The molecule has 0 aromatic rings. The minimum Gasteiger partial charge on any atom is -0.396 e. The summed E-state index contributed by atoms with van der Waals surface area (Å²) in [5, 5.41) is 18.6. The molecule has 0 bridgehead atoms. The highest BCUT2D eigenvalue weighted by Crippen LogP contribution is 1.99. The molecule has 0 aliphatic carbocycles. The zero-order chi connectivity index (χ0) is 11.4. The fraction of sp³-hybridized carbons (Fsp3) is 1.00. The Morgan fingerprint density at radius 3 is 1.87 bits per heavy atom. The molecule has 92 valence electrons. The smallest absolute Gasteiger partial charge is 0.0733 e. The molecule has 5 heteroatoms. The monoisotopic (exact) mass is 221 g/mol. The van der Waals surface area contributed by atoms with E-state index in [2.05, 4.69) is 6.92 Å². The van der Waals surface area contributed by atoms with Crippen LogP contribution in [0.1, 0.15) is 32.6 Å². The van der Waals surface area contributed by atoms with Crippen LogP contribution in [0.2, 0.25) is 0 Å². The van der Waals surface area contributed by atoms with Crippen molar-refractivity contribution in [3.8, 4) is 0 Å². The van der Waals surface area contributed by atoms with Gasteiger partial charge in [-0.3, -0.25) is 9.68 Å². The lowest BCUT2D eigenvalue weighted by atomic mass is 10.3. The van der Waals surface area contributed by atoms with Gasteiger partial charge in [0.1, 0.15) is 0 Å². The van der Waals surface area contributed by atoms with Crippen LogP contribution in [-0.2, 0) is 9.68 Å². The molecule has 0 aliphatic heterocycles. The molecule has 0 aromatic carbocycles. The van der Waals surface area contributed by atoms with Crippen molar-refractivity contribution in [3.05, 3.63) is 0 Å². The van der Waals surface area contributed by atoms with Crippen molar-refractivity contribution in [3.63, 3.8) is 0 Å². The van der Waals surface area contributed by atoms with Gasteiger partial charge < -0.3 is 10.2 Å². The Morgan fingerprint density at radius 1 is 0.933 bits per heavy atom. The van der Waals surface area contributed by atoms with Crippen LogP contribution < -0.4 is 0 Å². The Hall–Kier alpha value is -0.200. The molecular formula is C10H23NO4. The maximum absolute atomic E-state index is 8.60. The van der Waals surface area contributed by atoms with Crippen molar-refractivity contribution in [1.29, 1.82) is 0 Å². The lowest BCUT2D eigenvalue weighted by molar-refractivity contribution is -0.369. The summed E-state index contributed by atoms with van der Waals surface area (Å²) in [6.45, 7) is 3.97. The van der Waals surface area contributed by atoms with Crippen LogP contribution in [0.3, 0.4) is 0 Å². The Labute approximate surface area is 91.5 Å². The fourth-order valence-corrected chi connectivity index (χ4v) is 0.915. The molecule has 0 amide bonds. The van der Waals surface area contributed by atoms with E-state index >= 15 is 0 Å². The maximum Gasteiger partial charge on any atom is 0.0733 e. The topological polar surface area (TPSA) is 62.2 Å². The summed E-state index contributed by atoms with van der Waals surface area (Å²) < 4.78 is 0. The first kappa shape index (κ1) is 14.8. The number of hydrogen-bond donors (Lipinski definition) is 2. The molecule has 0 saturated carbocycles. The quantitative estimate of drug-likeness (QED) is 0.397. The number of hydrogen-bond acceptors (Lipinski definition) is 5. The molecule has 0 radical (unpaired) electrons. The average molecular weight is 221 g/mol. The van der Waals surface area contributed by atoms with Crippen LogP contribution in [0.25, 0.3) is 0 Å². The van der Waals surface area contributed by atoms with Crippen LogP contribution in [0.15, 0.2) is 0 Å². The zero-order valence-electron chi connectivity index (χ0n) is 9.52. The van der Waals surface area contributed by atoms with Crippen molar-refractivity contribution >= 4 is 0 Å². The number of aliphatic hydroxyl groups excluding tert-OH is 2. The summed E-state index contributed by atoms with van der Waals surface area (Å²) >= 11 is 0. The minimum absolute atomic E-state index is 0.123. The Morgan fingerprint density at radius 2 is 1.47 bits per heavy atom. The first-order valence-electron chi connectivity index (χ1n) is 5.60. The minimum atomic E-state index is 0.123.